The molecule has 2 aromatic carbocycles. The van der Waals surface area contributed by atoms with Crippen LogP contribution >= 0.6 is 0 Å². The van der Waals surface area contributed by atoms with E-state index in [1.54, 1.807) is 17.0 Å². The van der Waals surface area contributed by atoms with E-state index in [2.05, 4.69) is 5.32 Å². The smallest absolute Gasteiger partial charge is 0.422 e. The molecular formula is C22H23F3N2O4. The van der Waals surface area contributed by atoms with Crippen LogP contribution in [0.5, 0.6) is 11.5 Å². The van der Waals surface area contributed by atoms with Crippen LogP contribution in [0, 0.1) is 5.92 Å². The molecule has 0 aromatic heterocycles. The Balaban J connectivity index is 1.57. The van der Waals surface area contributed by atoms with Crippen molar-refractivity contribution in [3.05, 3.63) is 54.1 Å². The average Bonchev–Trinajstić information content (AvgIpc) is 2.77. The number of methoxy groups -OCH3 is 1. The third-order valence-electron chi connectivity index (χ3n) is 5.02. The first-order valence-electron chi connectivity index (χ1n) is 9.79. The fourth-order valence-corrected chi connectivity index (χ4v) is 3.41. The first-order valence-corrected chi connectivity index (χ1v) is 9.79. The zero-order valence-corrected chi connectivity index (χ0v) is 16.9. The van der Waals surface area contributed by atoms with Gasteiger partial charge in [-0.25, -0.2) is 4.79 Å². The molecule has 3 rings (SSSR count). The van der Waals surface area contributed by atoms with Gasteiger partial charge in [0.25, 0.3) is 0 Å². The highest BCUT2D eigenvalue weighted by Gasteiger charge is 2.30. The molecule has 0 atom stereocenters. The number of nitrogens with zero attached hydrogens (tertiary/aromatic N) is 1. The van der Waals surface area contributed by atoms with E-state index < -0.39 is 18.8 Å². The third kappa shape index (κ3) is 6.13. The molecule has 1 saturated heterocycles. The Morgan fingerprint density at radius 1 is 1.06 bits per heavy atom. The van der Waals surface area contributed by atoms with Crippen LogP contribution in [0.15, 0.2) is 48.5 Å². The zero-order chi connectivity index (χ0) is 22.4. The number of anilines is 1. The van der Waals surface area contributed by atoms with Gasteiger partial charge in [-0.15, -0.1) is 0 Å². The molecule has 1 N–H and O–H groups in total. The quantitative estimate of drug-likeness (QED) is 0.663. The van der Waals surface area contributed by atoms with Crippen molar-refractivity contribution in [2.24, 2.45) is 5.92 Å². The maximum Gasteiger partial charge on any atom is 0.422 e. The van der Waals surface area contributed by atoms with Crippen LogP contribution in [-0.4, -0.2) is 49.7 Å². The number of hydrogen-bond donors (Lipinski definition) is 1. The standard InChI is InChI=1S/C22H23F3N2O4/c1-30-18-8-7-17(13-19(18)31-14-22(23,24)25)26-21(29)27-11-9-16(10-12-27)20(28)15-5-3-2-4-6-15/h2-8,13,16H,9-12,14H2,1H3,(H,26,29). The van der Waals surface area contributed by atoms with E-state index in [9.17, 15) is 22.8 Å². The van der Waals surface area contributed by atoms with Crippen LogP contribution in [0.25, 0.3) is 0 Å². The molecule has 0 bridgehead atoms. The first kappa shape index (κ1) is 22.5. The molecule has 0 saturated carbocycles. The minimum atomic E-state index is -4.49. The maximum absolute atomic E-state index is 12.6. The molecule has 1 aliphatic rings. The number of alkyl halides is 3. The average molecular weight is 436 g/mol. The molecule has 0 spiro atoms. The number of piperidine rings is 1. The number of Topliss-reactive ketones (excluding diaryl/α,β-unsaturated/α-hetero) is 1. The minimum Gasteiger partial charge on any atom is -0.493 e. The molecule has 9 heteroatoms. The van der Waals surface area contributed by atoms with Crippen molar-refractivity contribution in [3.8, 4) is 11.5 Å². The van der Waals surface area contributed by atoms with Gasteiger partial charge in [0.05, 0.1) is 7.11 Å². The van der Waals surface area contributed by atoms with Crippen LogP contribution in [0.2, 0.25) is 0 Å². The lowest BCUT2D eigenvalue weighted by molar-refractivity contribution is -0.153. The maximum atomic E-state index is 12.6. The summed E-state index contributed by atoms with van der Waals surface area (Å²) in [6, 6.07) is 12.9. The van der Waals surface area contributed by atoms with E-state index in [0.29, 0.717) is 31.5 Å². The number of hydrogen-bond acceptors (Lipinski definition) is 4. The summed E-state index contributed by atoms with van der Waals surface area (Å²) in [4.78, 5) is 26.7. The van der Waals surface area contributed by atoms with Crippen LogP contribution in [0.1, 0.15) is 23.2 Å². The van der Waals surface area contributed by atoms with Gasteiger partial charge in [0.15, 0.2) is 23.9 Å². The molecule has 2 amide bonds. The number of ether oxygens (including phenoxy) is 2. The Labute approximate surface area is 177 Å². The van der Waals surface area contributed by atoms with Crippen molar-refractivity contribution in [1.82, 2.24) is 4.90 Å². The predicted molar refractivity (Wildman–Crippen MR) is 109 cm³/mol. The van der Waals surface area contributed by atoms with Gasteiger partial charge >= 0.3 is 12.2 Å². The van der Waals surface area contributed by atoms with Gasteiger partial charge in [-0.2, -0.15) is 13.2 Å². The SMILES string of the molecule is COc1ccc(NC(=O)N2CCC(C(=O)c3ccccc3)CC2)cc1OCC(F)(F)F. The van der Waals surface area contributed by atoms with E-state index in [0.717, 1.165) is 0 Å². The Kier molecular flexibility index (Phi) is 7.04. The van der Waals surface area contributed by atoms with Gasteiger partial charge in [-0.3, -0.25) is 4.79 Å². The molecule has 166 valence electrons. The summed E-state index contributed by atoms with van der Waals surface area (Å²) in [5.41, 5.74) is 0.945. The highest BCUT2D eigenvalue weighted by atomic mass is 19.4. The number of rotatable bonds is 6. The number of carbonyl (C=O) groups is 2. The number of halogens is 3. The molecule has 1 fully saturated rings. The van der Waals surface area contributed by atoms with Crippen molar-refractivity contribution in [3.63, 3.8) is 0 Å². The number of urea groups is 1. The van der Waals surface area contributed by atoms with E-state index in [1.165, 1.54) is 25.3 Å². The molecule has 1 heterocycles. The van der Waals surface area contributed by atoms with Crippen molar-refractivity contribution in [1.29, 1.82) is 0 Å². The second kappa shape index (κ2) is 9.72. The van der Waals surface area contributed by atoms with Gasteiger partial charge in [-0.1, -0.05) is 30.3 Å². The Morgan fingerprint density at radius 3 is 2.35 bits per heavy atom. The molecule has 0 aliphatic carbocycles. The zero-order valence-electron chi connectivity index (χ0n) is 16.9. The summed E-state index contributed by atoms with van der Waals surface area (Å²) in [5, 5.41) is 2.66. The second-order valence-corrected chi connectivity index (χ2v) is 7.19. The lowest BCUT2D eigenvalue weighted by Crippen LogP contribution is -2.42. The topological polar surface area (TPSA) is 67.9 Å². The fraction of sp³-hybridized carbons (Fsp3) is 0.364. The molecule has 0 radical (unpaired) electrons. The summed E-state index contributed by atoms with van der Waals surface area (Å²) in [7, 11) is 1.31. The van der Waals surface area contributed by atoms with Gasteiger partial charge in [0.1, 0.15) is 0 Å². The number of benzene rings is 2. The number of carbonyl (C=O) groups excluding carboxylic acids is 2. The van der Waals surface area contributed by atoms with Gasteiger partial charge < -0.3 is 19.7 Å². The summed E-state index contributed by atoms with van der Waals surface area (Å²) in [5.74, 6) is -0.0654. The van der Waals surface area contributed by atoms with Gasteiger partial charge in [0, 0.05) is 36.3 Å². The van der Waals surface area contributed by atoms with Gasteiger partial charge in [0.2, 0.25) is 0 Å². The van der Waals surface area contributed by atoms with E-state index in [-0.39, 0.29) is 28.9 Å². The van der Waals surface area contributed by atoms with Crippen LogP contribution in [-0.2, 0) is 0 Å². The first-order chi connectivity index (χ1) is 14.8. The number of nitrogens with one attached hydrogen (secondary N) is 1. The van der Waals surface area contributed by atoms with Crippen LogP contribution in [0.4, 0.5) is 23.7 Å². The number of amides is 2. The second-order valence-electron chi connectivity index (χ2n) is 7.19. The van der Waals surface area contributed by atoms with Crippen LogP contribution in [0.3, 0.4) is 0 Å². The van der Waals surface area contributed by atoms with Crippen molar-refractivity contribution in [2.45, 2.75) is 19.0 Å². The van der Waals surface area contributed by atoms with Crippen molar-refractivity contribution >= 4 is 17.5 Å². The van der Waals surface area contributed by atoms with Gasteiger partial charge in [-0.05, 0) is 25.0 Å². The van der Waals surface area contributed by atoms with E-state index in [1.807, 2.05) is 18.2 Å². The normalized spacial score (nSPS) is 14.8. The number of likely N-dealkylation sites (tertiary alicyclic amines) is 1. The molecule has 1 aliphatic heterocycles. The molecule has 31 heavy (non-hydrogen) atoms. The summed E-state index contributed by atoms with van der Waals surface area (Å²) >= 11 is 0. The monoisotopic (exact) mass is 436 g/mol. The lowest BCUT2D eigenvalue weighted by atomic mass is 9.89. The molecular weight excluding hydrogens is 413 g/mol. The van der Waals surface area contributed by atoms with Crippen LogP contribution < -0.4 is 14.8 Å². The third-order valence-corrected chi connectivity index (χ3v) is 5.02. The Bertz CT molecular complexity index is 911. The summed E-state index contributed by atoms with van der Waals surface area (Å²) < 4.78 is 47.2. The highest BCUT2D eigenvalue weighted by molar-refractivity contribution is 5.98. The molecule has 6 nitrogen and oxygen atoms in total. The predicted octanol–water partition coefficient (Wildman–Crippen LogP) is 4.76. The lowest BCUT2D eigenvalue weighted by Gasteiger charge is -2.31. The fourth-order valence-electron chi connectivity index (χ4n) is 3.41. The highest BCUT2D eigenvalue weighted by Crippen LogP contribution is 2.32. The molecule has 2 aromatic rings. The summed E-state index contributed by atoms with van der Waals surface area (Å²) in [6.07, 6.45) is -3.40. The minimum absolute atomic E-state index is 0.0715. The van der Waals surface area contributed by atoms with E-state index >= 15 is 0 Å². The Hall–Kier alpha value is -3.23. The largest absolute Gasteiger partial charge is 0.493 e. The number of ketones is 1. The Morgan fingerprint density at radius 2 is 1.74 bits per heavy atom. The molecule has 0 unspecified atom stereocenters. The van der Waals surface area contributed by atoms with Crippen molar-refractivity contribution < 1.29 is 32.2 Å². The van der Waals surface area contributed by atoms with Crippen molar-refractivity contribution in [2.75, 3.05) is 32.1 Å². The summed E-state index contributed by atoms with van der Waals surface area (Å²) in [6.45, 7) is -0.658. The van der Waals surface area contributed by atoms with E-state index in [4.69, 9.17) is 9.47 Å².